The standard InChI is InChI=1S/C24H23N5O3S2/c1-16(30)25-18-3-2-4-20(15-18)32-23-22-21(9-12-33-22)27-24(28-23)26-17-5-7-19(8-6-17)29-10-13-34(31)14-11-29/h2-9,12,15H,10-11,13-14H2,1H3,(H,25,30)(H,26,27,28). The predicted molar refractivity (Wildman–Crippen MR) is 138 cm³/mol. The maximum atomic E-state index is 11.6. The molecule has 0 bridgehead atoms. The van der Waals surface area contributed by atoms with Gasteiger partial charge in [0.15, 0.2) is 0 Å². The topological polar surface area (TPSA) is 102 Å². The molecule has 0 unspecified atom stereocenters. The van der Waals surface area contributed by atoms with Crippen LogP contribution in [0.3, 0.4) is 0 Å². The summed E-state index contributed by atoms with van der Waals surface area (Å²) in [4.78, 5) is 22.8. The molecule has 10 heteroatoms. The van der Waals surface area contributed by atoms with Crippen molar-refractivity contribution in [3.05, 3.63) is 60.0 Å². The molecule has 3 heterocycles. The molecular formula is C24H23N5O3S2. The lowest BCUT2D eigenvalue weighted by molar-refractivity contribution is -0.114. The highest BCUT2D eigenvalue weighted by Crippen LogP contribution is 2.34. The number of hydrogen-bond donors (Lipinski definition) is 2. The highest BCUT2D eigenvalue weighted by molar-refractivity contribution is 7.91. The quantitative estimate of drug-likeness (QED) is 0.374. The van der Waals surface area contributed by atoms with Gasteiger partial charge < -0.3 is 24.8 Å². The van der Waals surface area contributed by atoms with E-state index in [2.05, 4.69) is 25.5 Å². The van der Waals surface area contributed by atoms with E-state index in [1.54, 1.807) is 12.1 Å². The first kappa shape index (κ1) is 22.5. The van der Waals surface area contributed by atoms with Crippen molar-refractivity contribution in [1.29, 1.82) is 0 Å². The molecule has 0 radical (unpaired) electrons. The van der Waals surface area contributed by atoms with E-state index in [0.717, 1.165) is 34.7 Å². The summed E-state index contributed by atoms with van der Waals surface area (Å²) in [6.45, 7) is 3.08. The number of amides is 1. The van der Waals surface area contributed by atoms with Crippen molar-refractivity contribution in [2.75, 3.05) is 40.1 Å². The number of carbonyl (C=O) groups is 1. The third-order valence-electron chi connectivity index (χ3n) is 5.31. The molecule has 174 valence electrons. The van der Waals surface area contributed by atoms with E-state index in [9.17, 15) is 9.35 Å². The van der Waals surface area contributed by atoms with Gasteiger partial charge in [0, 0.05) is 30.1 Å². The first-order valence-electron chi connectivity index (χ1n) is 10.8. The largest absolute Gasteiger partial charge is 0.616 e. The molecule has 2 aromatic carbocycles. The summed E-state index contributed by atoms with van der Waals surface area (Å²) in [6.07, 6.45) is 0. The third kappa shape index (κ3) is 5.24. The van der Waals surface area contributed by atoms with Gasteiger partial charge in [-0.1, -0.05) is 17.2 Å². The first-order valence-corrected chi connectivity index (χ1v) is 13.2. The normalized spacial score (nSPS) is 14.2. The van der Waals surface area contributed by atoms with E-state index >= 15 is 0 Å². The fourth-order valence-corrected chi connectivity index (χ4v) is 5.50. The van der Waals surface area contributed by atoms with Gasteiger partial charge in [0.25, 0.3) is 0 Å². The molecule has 1 fully saturated rings. The van der Waals surface area contributed by atoms with Gasteiger partial charge in [-0.25, -0.2) is 4.98 Å². The molecule has 2 aromatic heterocycles. The molecule has 0 saturated carbocycles. The van der Waals surface area contributed by atoms with Gasteiger partial charge in [-0.15, -0.1) is 11.3 Å². The number of nitrogens with one attached hydrogen (secondary N) is 2. The van der Waals surface area contributed by atoms with Gasteiger partial charge in [-0.3, -0.25) is 4.79 Å². The van der Waals surface area contributed by atoms with Crippen LogP contribution in [-0.2, 0) is 16.0 Å². The van der Waals surface area contributed by atoms with Crippen LogP contribution in [0.1, 0.15) is 6.92 Å². The van der Waals surface area contributed by atoms with Crippen molar-refractivity contribution in [1.82, 2.24) is 9.97 Å². The molecule has 2 N–H and O–H groups in total. The molecule has 1 amide bonds. The summed E-state index contributed by atoms with van der Waals surface area (Å²) in [5.41, 5.74) is 3.41. The number of hydrogen-bond acceptors (Lipinski definition) is 8. The molecule has 1 saturated heterocycles. The maximum Gasteiger partial charge on any atom is 0.242 e. The predicted octanol–water partition coefficient (Wildman–Crippen LogP) is 4.75. The minimum atomic E-state index is -0.695. The number of anilines is 4. The van der Waals surface area contributed by atoms with Gasteiger partial charge in [0.1, 0.15) is 22.0 Å². The molecular weight excluding hydrogens is 470 g/mol. The van der Waals surface area contributed by atoms with Crippen LogP contribution in [0, 0.1) is 0 Å². The van der Waals surface area contributed by atoms with Crippen LogP contribution in [0.5, 0.6) is 11.6 Å². The monoisotopic (exact) mass is 493 g/mol. The fraction of sp³-hybridized carbons (Fsp3) is 0.208. The second-order valence-electron chi connectivity index (χ2n) is 7.81. The molecule has 0 aliphatic carbocycles. The third-order valence-corrected chi connectivity index (χ3v) is 7.48. The molecule has 0 spiro atoms. The second kappa shape index (κ2) is 9.88. The average molecular weight is 494 g/mol. The maximum absolute atomic E-state index is 11.6. The number of nitrogens with zero attached hydrogens (tertiary/aromatic N) is 3. The fourth-order valence-electron chi connectivity index (χ4n) is 3.69. The number of thiophene rings is 1. The number of carbonyl (C=O) groups excluding carboxylic acids is 1. The van der Waals surface area contributed by atoms with E-state index in [4.69, 9.17) is 4.74 Å². The van der Waals surface area contributed by atoms with Crippen molar-refractivity contribution in [2.45, 2.75) is 6.92 Å². The summed E-state index contributed by atoms with van der Waals surface area (Å²) in [5.74, 6) is 2.72. The molecule has 34 heavy (non-hydrogen) atoms. The molecule has 4 aromatic rings. The van der Waals surface area contributed by atoms with Gasteiger partial charge in [0.05, 0.1) is 18.6 Å². The van der Waals surface area contributed by atoms with Crippen LogP contribution >= 0.6 is 11.3 Å². The lowest BCUT2D eigenvalue weighted by atomic mass is 10.2. The average Bonchev–Trinajstić information content (AvgIpc) is 3.29. The molecule has 8 nitrogen and oxygen atoms in total. The Kier molecular flexibility index (Phi) is 6.52. The van der Waals surface area contributed by atoms with Crippen LogP contribution < -0.4 is 20.3 Å². The van der Waals surface area contributed by atoms with E-state index in [-0.39, 0.29) is 5.91 Å². The van der Waals surface area contributed by atoms with Crippen LogP contribution in [0.2, 0.25) is 0 Å². The first-order chi connectivity index (χ1) is 16.5. The van der Waals surface area contributed by atoms with E-state index in [1.165, 1.54) is 18.3 Å². The highest BCUT2D eigenvalue weighted by atomic mass is 32.2. The summed E-state index contributed by atoms with van der Waals surface area (Å²) >= 11 is 0.811. The Morgan fingerprint density at radius 3 is 2.65 bits per heavy atom. The molecule has 1 aliphatic heterocycles. The molecule has 0 atom stereocenters. The lowest BCUT2D eigenvalue weighted by Gasteiger charge is -2.30. The van der Waals surface area contributed by atoms with Crippen molar-refractivity contribution >= 4 is 61.6 Å². The minimum Gasteiger partial charge on any atom is -0.616 e. The number of aromatic nitrogens is 2. The Morgan fingerprint density at radius 2 is 1.88 bits per heavy atom. The Hall–Kier alpha value is -3.34. The van der Waals surface area contributed by atoms with Gasteiger partial charge >= 0.3 is 0 Å². The number of rotatable bonds is 6. The van der Waals surface area contributed by atoms with Crippen molar-refractivity contribution < 1.29 is 14.1 Å². The van der Waals surface area contributed by atoms with Crippen LogP contribution in [0.25, 0.3) is 10.2 Å². The van der Waals surface area contributed by atoms with Gasteiger partial charge in [0.2, 0.25) is 17.7 Å². The van der Waals surface area contributed by atoms with Crippen LogP contribution in [0.15, 0.2) is 60.0 Å². The zero-order valence-corrected chi connectivity index (χ0v) is 20.1. The zero-order valence-electron chi connectivity index (χ0n) is 18.5. The van der Waals surface area contributed by atoms with Crippen molar-refractivity contribution in [3.8, 4) is 11.6 Å². The van der Waals surface area contributed by atoms with Gasteiger partial charge in [-0.2, -0.15) is 4.98 Å². The van der Waals surface area contributed by atoms with Gasteiger partial charge in [-0.05, 0) is 47.8 Å². The summed E-state index contributed by atoms with van der Waals surface area (Å²) in [6, 6.07) is 17.2. The van der Waals surface area contributed by atoms with Crippen LogP contribution in [-0.4, -0.2) is 45.0 Å². The Morgan fingerprint density at radius 1 is 1.09 bits per heavy atom. The lowest BCUT2D eigenvalue weighted by Crippen LogP contribution is -2.40. The number of ether oxygens (including phenoxy) is 1. The molecule has 5 rings (SSSR count). The van der Waals surface area contributed by atoms with Crippen molar-refractivity contribution in [2.24, 2.45) is 0 Å². The smallest absolute Gasteiger partial charge is 0.242 e. The number of benzene rings is 2. The Labute approximate surface area is 204 Å². The highest BCUT2D eigenvalue weighted by Gasteiger charge is 2.19. The zero-order chi connectivity index (χ0) is 23.5. The summed E-state index contributed by atoms with van der Waals surface area (Å²) in [7, 11) is 0. The SMILES string of the molecule is CC(=O)Nc1cccc(Oc2nc(Nc3ccc(N4CC[S+]([O-])CC4)cc3)nc3ccsc23)c1. The summed E-state index contributed by atoms with van der Waals surface area (Å²) < 4.78 is 18.5. The Balaban J connectivity index is 1.35. The summed E-state index contributed by atoms with van der Waals surface area (Å²) in [5, 5.41) is 7.97. The van der Waals surface area contributed by atoms with Crippen LogP contribution in [0.4, 0.5) is 23.0 Å². The molecule has 1 aliphatic rings. The minimum absolute atomic E-state index is 0.146. The second-order valence-corrected chi connectivity index (χ2v) is 10.4. The number of fused-ring (bicyclic) bond motifs is 1. The van der Waals surface area contributed by atoms with E-state index in [1.807, 2.05) is 47.8 Å². The van der Waals surface area contributed by atoms with E-state index < -0.39 is 11.2 Å². The Bertz CT molecular complexity index is 1300. The van der Waals surface area contributed by atoms with E-state index in [0.29, 0.717) is 34.8 Å². The van der Waals surface area contributed by atoms with Crippen molar-refractivity contribution in [3.63, 3.8) is 0 Å².